The highest BCUT2D eigenvalue weighted by molar-refractivity contribution is 5.86. The fourth-order valence-electron chi connectivity index (χ4n) is 3.74. The molecule has 0 amide bonds. The molecular weight excluding hydrogens is 441 g/mol. The van der Waals surface area contributed by atoms with E-state index in [-0.39, 0.29) is 28.0 Å². The van der Waals surface area contributed by atoms with Gasteiger partial charge < -0.3 is 29.1 Å². The van der Waals surface area contributed by atoms with Crippen molar-refractivity contribution in [2.45, 2.75) is 6.54 Å². The molecule has 5 rings (SSSR count). The number of rotatable bonds is 7. The van der Waals surface area contributed by atoms with Crippen LogP contribution in [0.5, 0.6) is 23.0 Å². The van der Waals surface area contributed by atoms with E-state index in [9.17, 15) is 14.3 Å². The lowest BCUT2D eigenvalue weighted by Crippen LogP contribution is -2.20. The number of hydrogen-bond donors (Lipinski definition) is 2. The zero-order chi connectivity index (χ0) is 23.5. The van der Waals surface area contributed by atoms with Gasteiger partial charge in [0.2, 0.25) is 0 Å². The second kappa shape index (κ2) is 9.44. The summed E-state index contributed by atoms with van der Waals surface area (Å²) in [6.45, 7) is 2.35. The van der Waals surface area contributed by atoms with Gasteiger partial charge in [-0.15, -0.1) is 0 Å². The Bertz CT molecular complexity index is 1380. The first-order valence-corrected chi connectivity index (χ1v) is 10.9. The van der Waals surface area contributed by atoms with Crippen LogP contribution in [0.25, 0.3) is 22.3 Å². The number of ether oxygens (including phenoxy) is 3. The standard InChI is InChI=1S/C26H22FNO6/c27-18-4-1-16(2-5-18)15-28-7-8-31-19-12-20(29)26-21(30)14-23(34-25(26)13-19)17-3-6-22-24(11-17)33-10-9-32-22/h1-6,11-14,28-29H,7-10,15H2. The van der Waals surface area contributed by atoms with Crippen LogP contribution in [0.4, 0.5) is 4.39 Å². The molecule has 3 aromatic carbocycles. The van der Waals surface area contributed by atoms with E-state index in [0.717, 1.165) is 5.56 Å². The van der Waals surface area contributed by atoms with Crippen LogP contribution in [0.3, 0.4) is 0 Å². The molecule has 1 aliphatic rings. The number of phenols is 1. The summed E-state index contributed by atoms with van der Waals surface area (Å²) in [4.78, 5) is 12.7. The minimum absolute atomic E-state index is 0.0862. The Hall–Kier alpha value is -4.04. The van der Waals surface area contributed by atoms with Crippen molar-refractivity contribution in [1.82, 2.24) is 5.32 Å². The van der Waals surface area contributed by atoms with Crippen LogP contribution in [0.2, 0.25) is 0 Å². The van der Waals surface area contributed by atoms with E-state index in [1.807, 2.05) is 0 Å². The topological polar surface area (TPSA) is 90.2 Å². The third-order valence-electron chi connectivity index (χ3n) is 5.40. The second-order valence-corrected chi connectivity index (χ2v) is 7.80. The van der Waals surface area contributed by atoms with Crippen molar-refractivity contribution in [2.24, 2.45) is 0 Å². The van der Waals surface area contributed by atoms with Crippen LogP contribution in [0, 0.1) is 5.82 Å². The molecule has 7 nitrogen and oxygen atoms in total. The Morgan fingerprint density at radius 3 is 2.59 bits per heavy atom. The summed E-state index contributed by atoms with van der Waals surface area (Å²) >= 11 is 0. The molecule has 2 N–H and O–H groups in total. The molecular formula is C26H22FNO6. The molecule has 0 saturated heterocycles. The Morgan fingerprint density at radius 2 is 1.76 bits per heavy atom. The summed E-state index contributed by atoms with van der Waals surface area (Å²) in [6, 6.07) is 15.9. The maximum Gasteiger partial charge on any atom is 0.197 e. The molecule has 4 aromatic rings. The molecule has 0 radical (unpaired) electrons. The number of halogens is 1. The van der Waals surface area contributed by atoms with Gasteiger partial charge in [-0.3, -0.25) is 4.79 Å². The average Bonchev–Trinajstić information content (AvgIpc) is 2.84. The molecule has 0 spiro atoms. The summed E-state index contributed by atoms with van der Waals surface area (Å²) in [5.74, 6) is 1.45. The van der Waals surface area contributed by atoms with Gasteiger partial charge in [-0.25, -0.2) is 4.39 Å². The van der Waals surface area contributed by atoms with E-state index in [0.29, 0.717) is 61.5 Å². The molecule has 0 aliphatic carbocycles. The minimum atomic E-state index is -0.365. The lowest BCUT2D eigenvalue weighted by molar-refractivity contribution is 0.171. The third-order valence-corrected chi connectivity index (χ3v) is 5.40. The maximum atomic E-state index is 13.0. The fourth-order valence-corrected chi connectivity index (χ4v) is 3.74. The Morgan fingerprint density at radius 1 is 0.971 bits per heavy atom. The summed E-state index contributed by atoms with van der Waals surface area (Å²) in [5.41, 5.74) is 1.46. The van der Waals surface area contributed by atoms with Gasteiger partial charge in [-0.05, 0) is 35.9 Å². The van der Waals surface area contributed by atoms with Crippen molar-refractivity contribution in [3.8, 4) is 34.3 Å². The van der Waals surface area contributed by atoms with Gasteiger partial charge >= 0.3 is 0 Å². The van der Waals surface area contributed by atoms with Crippen LogP contribution in [0.15, 0.2) is 69.9 Å². The summed E-state index contributed by atoms with van der Waals surface area (Å²) in [5, 5.41) is 13.7. The Balaban J connectivity index is 1.31. The van der Waals surface area contributed by atoms with E-state index in [1.54, 1.807) is 36.4 Å². The highest BCUT2D eigenvalue weighted by Gasteiger charge is 2.16. The summed E-state index contributed by atoms with van der Waals surface area (Å²) in [7, 11) is 0. The first-order chi connectivity index (χ1) is 16.6. The van der Waals surface area contributed by atoms with E-state index in [2.05, 4.69) is 5.32 Å². The molecule has 1 aliphatic heterocycles. The van der Waals surface area contributed by atoms with Gasteiger partial charge in [0, 0.05) is 36.9 Å². The fraction of sp³-hybridized carbons (Fsp3) is 0.192. The lowest BCUT2D eigenvalue weighted by atomic mass is 10.1. The normalized spacial score (nSPS) is 12.6. The molecule has 174 valence electrons. The van der Waals surface area contributed by atoms with Crippen LogP contribution in [-0.2, 0) is 6.54 Å². The van der Waals surface area contributed by atoms with Gasteiger partial charge in [0.25, 0.3) is 0 Å². The van der Waals surface area contributed by atoms with Crippen molar-refractivity contribution in [3.05, 3.63) is 82.3 Å². The Kier molecular flexibility index (Phi) is 6.05. The first-order valence-electron chi connectivity index (χ1n) is 10.9. The van der Waals surface area contributed by atoms with Gasteiger partial charge in [-0.1, -0.05) is 12.1 Å². The molecule has 0 fully saturated rings. The van der Waals surface area contributed by atoms with Gasteiger partial charge in [0.1, 0.15) is 53.9 Å². The van der Waals surface area contributed by atoms with Crippen LogP contribution in [-0.4, -0.2) is 31.5 Å². The molecule has 2 heterocycles. The molecule has 8 heteroatoms. The van der Waals surface area contributed by atoms with Crippen molar-refractivity contribution in [3.63, 3.8) is 0 Å². The lowest BCUT2D eigenvalue weighted by Gasteiger charge is -2.18. The average molecular weight is 463 g/mol. The van der Waals surface area contributed by atoms with Crippen molar-refractivity contribution >= 4 is 11.0 Å². The predicted octanol–water partition coefficient (Wildman–Crippen LogP) is 4.24. The second-order valence-electron chi connectivity index (χ2n) is 7.80. The zero-order valence-electron chi connectivity index (χ0n) is 18.2. The smallest absolute Gasteiger partial charge is 0.197 e. The summed E-state index contributed by atoms with van der Waals surface area (Å²) in [6.07, 6.45) is 0. The number of fused-ring (bicyclic) bond motifs is 2. The minimum Gasteiger partial charge on any atom is -0.507 e. The molecule has 1 aromatic heterocycles. The number of nitrogens with one attached hydrogen (secondary N) is 1. The Labute approximate surface area is 194 Å². The van der Waals surface area contributed by atoms with Crippen molar-refractivity contribution in [1.29, 1.82) is 0 Å². The first kappa shape index (κ1) is 21.8. The predicted molar refractivity (Wildman–Crippen MR) is 124 cm³/mol. The van der Waals surface area contributed by atoms with E-state index >= 15 is 0 Å². The van der Waals surface area contributed by atoms with Crippen LogP contribution < -0.4 is 25.0 Å². The van der Waals surface area contributed by atoms with Crippen molar-refractivity contribution < 1.29 is 28.1 Å². The highest BCUT2D eigenvalue weighted by Crippen LogP contribution is 2.36. The van der Waals surface area contributed by atoms with E-state index < -0.39 is 0 Å². The number of benzene rings is 3. The van der Waals surface area contributed by atoms with E-state index in [1.165, 1.54) is 24.3 Å². The van der Waals surface area contributed by atoms with Gasteiger partial charge in [-0.2, -0.15) is 0 Å². The molecule has 0 atom stereocenters. The molecule has 0 unspecified atom stereocenters. The maximum absolute atomic E-state index is 13.0. The van der Waals surface area contributed by atoms with Crippen LogP contribution >= 0.6 is 0 Å². The zero-order valence-corrected chi connectivity index (χ0v) is 18.2. The molecule has 34 heavy (non-hydrogen) atoms. The molecule has 0 bridgehead atoms. The molecule has 0 saturated carbocycles. The van der Waals surface area contributed by atoms with Crippen LogP contribution in [0.1, 0.15) is 5.56 Å². The quantitative estimate of drug-likeness (QED) is 0.396. The SMILES string of the molecule is O=c1cc(-c2ccc3c(c2)OCCO3)oc2cc(OCCNCc3ccc(F)cc3)cc(O)c12. The van der Waals surface area contributed by atoms with Gasteiger partial charge in [0.05, 0.1) is 0 Å². The number of phenolic OH excluding ortho intramolecular Hbond substituents is 1. The highest BCUT2D eigenvalue weighted by atomic mass is 19.1. The van der Waals surface area contributed by atoms with Crippen molar-refractivity contribution in [2.75, 3.05) is 26.4 Å². The van der Waals surface area contributed by atoms with E-state index in [4.69, 9.17) is 18.6 Å². The number of aromatic hydroxyl groups is 1. The number of hydrogen-bond acceptors (Lipinski definition) is 7. The monoisotopic (exact) mass is 463 g/mol. The van der Waals surface area contributed by atoms with Gasteiger partial charge in [0.15, 0.2) is 16.9 Å². The third kappa shape index (κ3) is 4.67. The largest absolute Gasteiger partial charge is 0.507 e. The summed E-state index contributed by atoms with van der Waals surface area (Å²) < 4.78 is 35.8.